The van der Waals surface area contributed by atoms with E-state index in [4.69, 9.17) is 14.7 Å². The van der Waals surface area contributed by atoms with Crippen LogP contribution in [0.1, 0.15) is 5.56 Å². The van der Waals surface area contributed by atoms with Crippen molar-refractivity contribution in [2.45, 2.75) is 24.3 Å². The first-order valence-corrected chi connectivity index (χ1v) is 10.8. The maximum atomic E-state index is 13.6. The van der Waals surface area contributed by atoms with Gasteiger partial charge in [-0.25, -0.2) is 19.2 Å². The fourth-order valence-corrected chi connectivity index (χ4v) is 4.15. The SMILES string of the molecule is N#Cc1cccc(NC(=O)NC2COC3C(Nc4nccc(-c5cccc(F)c5)n4)COC23)c1. The summed E-state index contributed by atoms with van der Waals surface area (Å²) in [5, 5.41) is 17.8. The van der Waals surface area contributed by atoms with Crippen LogP contribution in [0.2, 0.25) is 0 Å². The van der Waals surface area contributed by atoms with Gasteiger partial charge in [0.05, 0.1) is 42.6 Å². The third-order valence-electron chi connectivity index (χ3n) is 5.71. The smallest absolute Gasteiger partial charge is 0.319 e. The molecule has 9 nitrogen and oxygen atoms in total. The number of aromatic nitrogens is 2. The monoisotopic (exact) mass is 460 g/mol. The van der Waals surface area contributed by atoms with Crippen molar-refractivity contribution in [3.63, 3.8) is 0 Å². The van der Waals surface area contributed by atoms with Gasteiger partial charge in [-0.3, -0.25) is 0 Å². The van der Waals surface area contributed by atoms with E-state index in [9.17, 15) is 9.18 Å². The Kier molecular flexibility index (Phi) is 6.03. The summed E-state index contributed by atoms with van der Waals surface area (Å²) >= 11 is 0. The fourth-order valence-electron chi connectivity index (χ4n) is 4.15. The Morgan fingerprint density at radius 3 is 2.68 bits per heavy atom. The lowest BCUT2D eigenvalue weighted by molar-refractivity contribution is 0.0683. The molecule has 3 N–H and O–H groups in total. The number of nitriles is 1. The minimum Gasteiger partial charge on any atom is -0.371 e. The highest BCUT2D eigenvalue weighted by Gasteiger charge is 2.48. The lowest BCUT2D eigenvalue weighted by Gasteiger charge is -2.18. The molecule has 2 aliphatic rings. The molecule has 0 bridgehead atoms. The number of amides is 2. The second-order valence-electron chi connectivity index (χ2n) is 8.02. The van der Waals surface area contributed by atoms with Gasteiger partial charge in [0.25, 0.3) is 0 Å². The van der Waals surface area contributed by atoms with E-state index < -0.39 is 6.03 Å². The first-order valence-electron chi connectivity index (χ1n) is 10.8. The number of anilines is 2. The van der Waals surface area contributed by atoms with E-state index in [1.807, 2.05) is 6.07 Å². The highest BCUT2D eigenvalue weighted by atomic mass is 19.1. The predicted octanol–water partition coefficient (Wildman–Crippen LogP) is 2.92. The van der Waals surface area contributed by atoms with E-state index in [1.165, 1.54) is 12.1 Å². The summed E-state index contributed by atoms with van der Waals surface area (Å²) in [5.74, 6) is 0.0449. The molecule has 5 rings (SSSR count). The van der Waals surface area contributed by atoms with Crippen molar-refractivity contribution < 1.29 is 18.7 Å². The molecule has 2 aromatic carbocycles. The van der Waals surface area contributed by atoms with E-state index in [-0.39, 0.29) is 30.1 Å². The van der Waals surface area contributed by atoms with Gasteiger partial charge in [-0.15, -0.1) is 0 Å². The van der Waals surface area contributed by atoms with Crippen LogP contribution in [-0.2, 0) is 9.47 Å². The van der Waals surface area contributed by atoms with Crippen molar-refractivity contribution in [1.29, 1.82) is 5.26 Å². The third kappa shape index (κ3) is 4.66. The predicted molar refractivity (Wildman–Crippen MR) is 121 cm³/mol. The summed E-state index contributed by atoms with van der Waals surface area (Å²) in [4.78, 5) is 21.2. The number of rotatable bonds is 5. The van der Waals surface area contributed by atoms with Crippen molar-refractivity contribution in [2.75, 3.05) is 23.8 Å². The molecule has 3 aromatic rings. The average Bonchev–Trinajstić information content (AvgIpc) is 3.42. The molecule has 0 radical (unpaired) electrons. The Morgan fingerprint density at radius 2 is 1.85 bits per heavy atom. The molecule has 4 unspecified atom stereocenters. The van der Waals surface area contributed by atoms with E-state index in [2.05, 4.69) is 25.9 Å². The number of benzene rings is 2. The zero-order valence-electron chi connectivity index (χ0n) is 17.9. The number of hydrogen-bond acceptors (Lipinski definition) is 7. The Morgan fingerprint density at radius 1 is 1.06 bits per heavy atom. The quantitative estimate of drug-likeness (QED) is 0.535. The molecule has 2 aliphatic heterocycles. The molecule has 0 spiro atoms. The minimum absolute atomic E-state index is 0.213. The van der Waals surface area contributed by atoms with Gasteiger partial charge in [0.1, 0.15) is 18.0 Å². The average molecular weight is 460 g/mol. The number of ether oxygens (including phenoxy) is 2. The summed E-state index contributed by atoms with van der Waals surface area (Å²) in [6, 6.07) is 15.7. The van der Waals surface area contributed by atoms with Crippen molar-refractivity contribution >= 4 is 17.7 Å². The molecule has 0 aliphatic carbocycles. The molecule has 0 saturated carbocycles. The zero-order chi connectivity index (χ0) is 23.5. The number of nitrogens with one attached hydrogen (secondary N) is 3. The molecule has 2 amide bonds. The van der Waals surface area contributed by atoms with Crippen LogP contribution < -0.4 is 16.0 Å². The molecule has 1 aromatic heterocycles. The summed E-state index contributed by atoms with van der Waals surface area (Å²) < 4.78 is 25.4. The molecule has 172 valence electrons. The van der Waals surface area contributed by atoms with Crippen LogP contribution in [0.3, 0.4) is 0 Å². The van der Waals surface area contributed by atoms with Crippen LogP contribution in [0, 0.1) is 17.1 Å². The number of fused-ring (bicyclic) bond motifs is 1. The first kappa shape index (κ1) is 21.8. The van der Waals surface area contributed by atoms with Crippen molar-refractivity contribution in [1.82, 2.24) is 15.3 Å². The highest BCUT2D eigenvalue weighted by molar-refractivity contribution is 5.89. The first-order chi connectivity index (χ1) is 16.6. The standard InChI is InChI=1S/C24H21FN6O3/c25-16-5-2-4-15(10-16)18-7-8-27-23(29-18)30-19-12-33-22-20(13-34-21(19)22)31-24(32)28-17-6-1-3-14(9-17)11-26/h1-10,19-22H,12-13H2,(H,27,29,30)(H2,28,31,32). The van der Waals surface area contributed by atoms with Gasteiger partial charge in [-0.1, -0.05) is 18.2 Å². The van der Waals surface area contributed by atoms with Crippen molar-refractivity contribution in [2.24, 2.45) is 0 Å². The van der Waals surface area contributed by atoms with E-state index in [1.54, 1.807) is 48.7 Å². The summed E-state index contributed by atoms with van der Waals surface area (Å²) in [6.45, 7) is 0.649. The molecule has 2 fully saturated rings. The van der Waals surface area contributed by atoms with Gasteiger partial charge in [0.15, 0.2) is 0 Å². The van der Waals surface area contributed by atoms with Gasteiger partial charge in [-0.2, -0.15) is 5.26 Å². The summed E-state index contributed by atoms with van der Waals surface area (Å²) in [6.07, 6.45) is 0.975. The lowest BCUT2D eigenvalue weighted by Crippen LogP contribution is -2.46. The Bertz CT molecular complexity index is 1250. The van der Waals surface area contributed by atoms with Crippen LogP contribution in [0.25, 0.3) is 11.3 Å². The number of halogens is 1. The molecule has 2 saturated heterocycles. The van der Waals surface area contributed by atoms with Gasteiger partial charge in [0.2, 0.25) is 5.95 Å². The minimum atomic E-state index is -0.407. The van der Waals surface area contributed by atoms with Crippen LogP contribution in [0.15, 0.2) is 60.8 Å². The largest absolute Gasteiger partial charge is 0.371 e. The number of nitrogens with zero attached hydrogens (tertiary/aromatic N) is 3. The van der Waals surface area contributed by atoms with Crippen LogP contribution in [0.5, 0.6) is 0 Å². The van der Waals surface area contributed by atoms with E-state index in [0.29, 0.717) is 41.7 Å². The number of urea groups is 1. The molecular weight excluding hydrogens is 439 g/mol. The van der Waals surface area contributed by atoms with E-state index >= 15 is 0 Å². The van der Waals surface area contributed by atoms with Crippen LogP contribution >= 0.6 is 0 Å². The van der Waals surface area contributed by atoms with Gasteiger partial charge >= 0.3 is 6.03 Å². The Labute approximate surface area is 194 Å². The Balaban J connectivity index is 1.20. The molecule has 10 heteroatoms. The van der Waals surface area contributed by atoms with Crippen molar-refractivity contribution in [3.8, 4) is 17.3 Å². The van der Waals surface area contributed by atoms with Crippen molar-refractivity contribution in [3.05, 3.63) is 72.2 Å². The van der Waals surface area contributed by atoms with Gasteiger partial charge < -0.3 is 25.4 Å². The van der Waals surface area contributed by atoms with Crippen LogP contribution in [-0.4, -0.2) is 53.5 Å². The maximum absolute atomic E-state index is 13.6. The third-order valence-corrected chi connectivity index (χ3v) is 5.71. The molecular formula is C24H21FN6O3. The lowest BCUT2D eigenvalue weighted by atomic mass is 10.1. The maximum Gasteiger partial charge on any atom is 0.319 e. The highest BCUT2D eigenvalue weighted by Crippen LogP contribution is 2.29. The van der Waals surface area contributed by atoms with E-state index in [0.717, 1.165) is 0 Å². The summed E-state index contributed by atoms with van der Waals surface area (Å²) in [7, 11) is 0. The zero-order valence-corrected chi connectivity index (χ0v) is 17.9. The molecule has 3 heterocycles. The number of carbonyl (C=O) groups excluding carboxylic acids is 1. The normalized spacial score (nSPS) is 23.1. The number of hydrogen-bond donors (Lipinski definition) is 3. The van der Waals surface area contributed by atoms with Gasteiger partial charge in [-0.05, 0) is 36.4 Å². The van der Waals surface area contributed by atoms with Crippen LogP contribution in [0.4, 0.5) is 20.8 Å². The summed E-state index contributed by atoms with van der Waals surface area (Å²) in [5.41, 5.74) is 2.23. The molecule has 4 atom stereocenters. The second-order valence-corrected chi connectivity index (χ2v) is 8.02. The second kappa shape index (κ2) is 9.43. The molecule has 34 heavy (non-hydrogen) atoms. The number of carbonyl (C=O) groups is 1. The topological polar surface area (TPSA) is 121 Å². The fraction of sp³-hybridized carbons (Fsp3) is 0.250. The Hall–Kier alpha value is -4.07. The van der Waals surface area contributed by atoms with Gasteiger partial charge in [0, 0.05) is 17.4 Å².